The fourth-order valence-electron chi connectivity index (χ4n) is 2.33. The normalized spacial score (nSPS) is 11.4. The van der Waals surface area contributed by atoms with Crippen LogP contribution in [0.4, 0.5) is 13.2 Å². The summed E-state index contributed by atoms with van der Waals surface area (Å²) in [7, 11) is 0. The van der Waals surface area contributed by atoms with E-state index in [1.54, 1.807) is 30.3 Å². The molecule has 0 aliphatic carbocycles. The number of aliphatic hydroxyl groups is 1. The predicted octanol–water partition coefficient (Wildman–Crippen LogP) is 3.52. The van der Waals surface area contributed by atoms with Gasteiger partial charge in [-0.3, -0.25) is 4.79 Å². The molecule has 2 aromatic rings. The zero-order valence-corrected chi connectivity index (χ0v) is 13.4. The maximum atomic E-state index is 13.9. The zero-order chi connectivity index (χ0) is 17.9. The van der Waals surface area contributed by atoms with Gasteiger partial charge >= 0.3 is 0 Å². The van der Waals surface area contributed by atoms with Crippen LogP contribution in [0.15, 0.2) is 42.5 Å². The summed E-state index contributed by atoms with van der Waals surface area (Å²) in [5.74, 6) is -5.41. The van der Waals surface area contributed by atoms with Crippen LogP contribution in [0.5, 0.6) is 0 Å². The lowest BCUT2D eigenvalue weighted by atomic mass is 10.1. The standard InChI is InChI=1S/C18H18F3NO2/c1-18(2,24)11-22(10-12-6-4-3-5-7-12)17(23)13-8-9-14(19)16(21)15(13)20/h3-9,24H,10-11H2,1-2H3. The SMILES string of the molecule is CC(C)(O)CN(Cc1ccccc1)C(=O)c1ccc(F)c(F)c1F. The molecule has 1 N–H and O–H groups in total. The summed E-state index contributed by atoms with van der Waals surface area (Å²) < 4.78 is 40.4. The molecule has 0 spiro atoms. The van der Waals surface area contributed by atoms with E-state index in [0.29, 0.717) is 6.07 Å². The van der Waals surface area contributed by atoms with Crippen LogP contribution in [0.1, 0.15) is 29.8 Å². The largest absolute Gasteiger partial charge is 0.389 e. The third kappa shape index (κ3) is 4.35. The number of carbonyl (C=O) groups excluding carboxylic acids is 1. The van der Waals surface area contributed by atoms with E-state index < -0.39 is 34.5 Å². The minimum atomic E-state index is -1.69. The van der Waals surface area contributed by atoms with Gasteiger partial charge in [0.1, 0.15) is 0 Å². The molecular formula is C18H18F3NO2. The Morgan fingerprint density at radius 2 is 1.67 bits per heavy atom. The number of nitrogens with zero attached hydrogens (tertiary/aromatic N) is 1. The van der Waals surface area contributed by atoms with Gasteiger partial charge in [-0.25, -0.2) is 13.2 Å². The van der Waals surface area contributed by atoms with Crippen molar-refractivity contribution in [1.29, 1.82) is 0 Å². The number of hydrogen-bond acceptors (Lipinski definition) is 2. The number of rotatable bonds is 5. The Kier molecular flexibility index (Phi) is 5.29. The Labute approximate surface area is 138 Å². The molecule has 0 aromatic heterocycles. The molecule has 0 unspecified atom stereocenters. The fraction of sp³-hybridized carbons (Fsp3) is 0.278. The molecule has 0 aliphatic heterocycles. The molecule has 0 aliphatic rings. The van der Waals surface area contributed by atoms with E-state index in [1.165, 1.54) is 18.7 Å². The maximum absolute atomic E-state index is 13.9. The molecule has 0 bridgehead atoms. The number of halogens is 3. The summed E-state index contributed by atoms with van der Waals surface area (Å²) in [5, 5.41) is 10.0. The summed E-state index contributed by atoms with van der Waals surface area (Å²) >= 11 is 0. The Balaban J connectivity index is 2.36. The minimum Gasteiger partial charge on any atom is -0.389 e. The second-order valence-corrected chi connectivity index (χ2v) is 6.18. The first kappa shape index (κ1) is 18.0. The van der Waals surface area contributed by atoms with Crippen LogP contribution in [0.3, 0.4) is 0 Å². The predicted molar refractivity (Wildman–Crippen MR) is 83.8 cm³/mol. The van der Waals surface area contributed by atoms with Gasteiger partial charge in [-0.05, 0) is 31.5 Å². The molecule has 0 atom stereocenters. The summed E-state index contributed by atoms with van der Waals surface area (Å²) in [4.78, 5) is 13.8. The molecule has 6 heteroatoms. The van der Waals surface area contributed by atoms with Gasteiger partial charge in [-0.1, -0.05) is 30.3 Å². The van der Waals surface area contributed by atoms with Crippen molar-refractivity contribution in [2.24, 2.45) is 0 Å². The highest BCUT2D eigenvalue weighted by atomic mass is 19.2. The molecule has 3 nitrogen and oxygen atoms in total. The van der Waals surface area contributed by atoms with E-state index in [2.05, 4.69) is 0 Å². The van der Waals surface area contributed by atoms with Crippen molar-refractivity contribution >= 4 is 5.91 Å². The van der Waals surface area contributed by atoms with Crippen LogP contribution < -0.4 is 0 Å². The van der Waals surface area contributed by atoms with Crippen molar-refractivity contribution in [3.05, 3.63) is 71.0 Å². The third-order valence-electron chi connectivity index (χ3n) is 3.35. The number of hydrogen-bond donors (Lipinski definition) is 1. The lowest BCUT2D eigenvalue weighted by Crippen LogP contribution is -2.42. The van der Waals surface area contributed by atoms with Crippen molar-refractivity contribution in [2.75, 3.05) is 6.54 Å². The number of benzene rings is 2. The monoisotopic (exact) mass is 337 g/mol. The highest BCUT2D eigenvalue weighted by Crippen LogP contribution is 2.19. The van der Waals surface area contributed by atoms with E-state index in [-0.39, 0.29) is 13.1 Å². The van der Waals surface area contributed by atoms with Gasteiger partial charge in [0.25, 0.3) is 5.91 Å². The van der Waals surface area contributed by atoms with E-state index >= 15 is 0 Å². The van der Waals surface area contributed by atoms with Gasteiger partial charge < -0.3 is 10.0 Å². The summed E-state index contributed by atoms with van der Waals surface area (Å²) in [5.41, 5.74) is -1.05. The Morgan fingerprint density at radius 3 is 2.25 bits per heavy atom. The number of carbonyl (C=O) groups is 1. The van der Waals surface area contributed by atoms with Gasteiger partial charge in [0.05, 0.1) is 11.2 Å². The fourth-order valence-corrected chi connectivity index (χ4v) is 2.33. The van der Waals surface area contributed by atoms with Gasteiger partial charge in [0, 0.05) is 13.1 Å². The molecular weight excluding hydrogens is 319 g/mol. The van der Waals surface area contributed by atoms with E-state index in [0.717, 1.165) is 11.6 Å². The van der Waals surface area contributed by atoms with Crippen LogP contribution in [-0.4, -0.2) is 28.1 Å². The molecule has 2 rings (SSSR count). The average molecular weight is 337 g/mol. The smallest absolute Gasteiger partial charge is 0.257 e. The first-order valence-corrected chi connectivity index (χ1v) is 7.38. The second kappa shape index (κ2) is 7.05. The zero-order valence-electron chi connectivity index (χ0n) is 13.4. The van der Waals surface area contributed by atoms with Crippen LogP contribution in [-0.2, 0) is 6.54 Å². The summed E-state index contributed by atoms with van der Waals surface area (Å²) in [6, 6.07) is 10.5. The van der Waals surface area contributed by atoms with Crippen molar-refractivity contribution in [3.63, 3.8) is 0 Å². The molecule has 0 radical (unpaired) electrons. The van der Waals surface area contributed by atoms with Crippen molar-refractivity contribution in [1.82, 2.24) is 4.90 Å². The maximum Gasteiger partial charge on any atom is 0.257 e. The average Bonchev–Trinajstić information content (AvgIpc) is 2.51. The molecule has 0 fully saturated rings. The van der Waals surface area contributed by atoms with Crippen LogP contribution >= 0.6 is 0 Å². The topological polar surface area (TPSA) is 40.5 Å². The Morgan fingerprint density at radius 1 is 1.04 bits per heavy atom. The van der Waals surface area contributed by atoms with Crippen molar-refractivity contribution in [3.8, 4) is 0 Å². The van der Waals surface area contributed by atoms with Crippen molar-refractivity contribution < 1.29 is 23.1 Å². The lowest BCUT2D eigenvalue weighted by Gasteiger charge is -2.29. The highest BCUT2D eigenvalue weighted by Gasteiger charge is 2.27. The van der Waals surface area contributed by atoms with E-state index in [4.69, 9.17) is 0 Å². The Hall–Kier alpha value is -2.34. The molecule has 128 valence electrons. The molecule has 1 amide bonds. The first-order valence-electron chi connectivity index (χ1n) is 7.38. The molecule has 24 heavy (non-hydrogen) atoms. The molecule has 0 saturated heterocycles. The van der Waals surface area contributed by atoms with Crippen LogP contribution in [0, 0.1) is 17.5 Å². The third-order valence-corrected chi connectivity index (χ3v) is 3.35. The Bertz CT molecular complexity index is 727. The lowest BCUT2D eigenvalue weighted by molar-refractivity contribution is 0.0277. The molecule has 0 saturated carbocycles. The minimum absolute atomic E-state index is 0.0981. The van der Waals surface area contributed by atoms with Crippen LogP contribution in [0.25, 0.3) is 0 Å². The van der Waals surface area contributed by atoms with Crippen molar-refractivity contribution in [2.45, 2.75) is 26.0 Å². The van der Waals surface area contributed by atoms with Gasteiger partial charge in [-0.15, -0.1) is 0 Å². The van der Waals surface area contributed by atoms with E-state index in [9.17, 15) is 23.1 Å². The quantitative estimate of drug-likeness (QED) is 0.848. The second-order valence-electron chi connectivity index (χ2n) is 6.18. The highest BCUT2D eigenvalue weighted by molar-refractivity contribution is 5.94. The summed E-state index contributed by atoms with van der Waals surface area (Å²) in [6.45, 7) is 3.00. The van der Waals surface area contributed by atoms with Crippen LogP contribution in [0.2, 0.25) is 0 Å². The first-order chi connectivity index (χ1) is 11.2. The van der Waals surface area contributed by atoms with E-state index in [1.807, 2.05) is 0 Å². The molecule has 0 heterocycles. The number of amides is 1. The summed E-state index contributed by atoms with van der Waals surface area (Å²) in [6.07, 6.45) is 0. The van der Waals surface area contributed by atoms with Gasteiger partial charge in [0.2, 0.25) is 0 Å². The van der Waals surface area contributed by atoms with Gasteiger partial charge in [0.15, 0.2) is 17.5 Å². The molecule has 2 aromatic carbocycles. The van der Waals surface area contributed by atoms with Gasteiger partial charge in [-0.2, -0.15) is 0 Å².